The fraction of sp³-hybridized carbons (Fsp3) is 0.0769. The lowest BCUT2D eigenvalue weighted by molar-refractivity contribution is 0.102. The number of nitrogen functional groups attached to an aromatic ring is 1. The minimum absolute atomic E-state index is 0.0795. The van der Waals surface area contributed by atoms with Crippen molar-refractivity contribution in [2.24, 2.45) is 0 Å². The van der Waals surface area contributed by atoms with Crippen LogP contribution in [0.4, 0.5) is 15.8 Å². The summed E-state index contributed by atoms with van der Waals surface area (Å²) < 4.78 is 13.3. The summed E-state index contributed by atoms with van der Waals surface area (Å²) in [5, 5.41) is 2.46. The number of pyridine rings is 1. The van der Waals surface area contributed by atoms with Gasteiger partial charge in [-0.15, -0.1) is 0 Å². The second-order valence-corrected chi connectivity index (χ2v) is 3.90. The van der Waals surface area contributed by atoms with Crippen LogP contribution in [0.3, 0.4) is 0 Å². The van der Waals surface area contributed by atoms with E-state index in [0.29, 0.717) is 11.3 Å². The van der Waals surface area contributed by atoms with Gasteiger partial charge < -0.3 is 11.1 Å². The molecule has 0 fully saturated rings. The van der Waals surface area contributed by atoms with Gasteiger partial charge in [0.25, 0.3) is 5.91 Å². The molecule has 4 nitrogen and oxygen atoms in total. The third kappa shape index (κ3) is 2.45. The Labute approximate surface area is 104 Å². The van der Waals surface area contributed by atoms with Crippen molar-refractivity contribution in [3.05, 3.63) is 53.6 Å². The fourth-order valence-electron chi connectivity index (χ4n) is 1.53. The maximum Gasteiger partial charge on any atom is 0.257 e. The van der Waals surface area contributed by atoms with E-state index in [2.05, 4.69) is 10.3 Å². The molecule has 92 valence electrons. The molecule has 0 saturated heterocycles. The highest BCUT2D eigenvalue weighted by atomic mass is 19.1. The third-order valence-corrected chi connectivity index (χ3v) is 2.47. The number of carbonyl (C=O) groups excluding carboxylic acids is 1. The van der Waals surface area contributed by atoms with E-state index in [-0.39, 0.29) is 5.69 Å². The Morgan fingerprint density at radius 3 is 2.89 bits per heavy atom. The molecule has 18 heavy (non-hydrogen) atoms. The SMILES string of the molecule is Cc1ccc(N)c(C(=O)Nc2ccncc2F)c1. The molecule has 2 rings (SSSR count). The van der Waals surface area contributed by atoms with E-state index in [1.54, 1.807) is 18.2 Å². The van der Waals surface area contributed by atoms with E-state index in [1.165, 1.54) is 12.3 Å². The number of nitrogens with two attached hydrogens (primary N) is 1. The van der Waals surface area contributed by atoms with E-state index in [9.17, 15) is 9.18 Å². The molecule has 2 aromatic rings. The molecule has 0 aliphatic carbocycles. The van der Waals surface area contributed by atoms with Crippen LogP contribution in [0, 0.1) is 12.7 Å². The number of rotatable bonds is 2. The third-order valence-electron chi connectivity index (χ3n) is 2.47. The van der Waals surface area contributed by atoms with E-state index in [1.807, 2.05) is 6.92 Å². The van der Waals surface area contributed by atoms with Crippen molar-refractivity contribution in [3.63, 3.8) is 0 Å². The van der Waals surface area contributed by atoms with Gasteiger partial charge in [-0.3, -0.25) is 9.78 Å². The van der Waals surface area contributed by atoms with Crippen molar-refractivity contribution >= 4 is 17.3 Å². The number of anilines is 2. The average Bonchev–Trinajstić information content (AvgIpc) is 2.35. The standard InChI is InChI=1S/C13H12FN3O/c1-8-2-3-11(15)9(6-8)13(18)17-12-4-5-16-7-10(12)14/h2-7H,15H2,1H3,(H,16,17,18). The van der Waals surface area contributed by atoms with Gasteiger partial charge in [-0.25, -0.2) is 4.39 Å². The fourth-order valence-corrected chi connectivity index (χ4v) is 1.53. The zero-order valence-corrected chi connectivity index (χ0v) is 9.77. The maximum atomic E-state index is 13.3. The first-order valence-electron chi connectivity index (χ1n) is 5.35. The zero-order chi connectivity index (χ0) is 13.1. The molecule has 0 unspecified atom stereocenters. The van der Waals surface area contributed by atoms with Gasteiger partial charge >= 0.3 is 0 Å². The number of nitrogens with zero attached hydrogens (tertiary/aromatic N) is 1. The largest absolute Gasteiger partial charge is 0.398 e. The predicted molar refractivity (Wildman–Crippen MR) is 67.7 cm³/mol. The van der Waals surface area contributed by atoms with Crippen LogP contribution in [-0.2, 0) is 0 Å². The van der Waals surface area contributed by atoms with Crippen molar-refractivity contribution in [3.8, 4) is 0 Å². The van der Waals surface area contributed by atoms with Crippen LogP contribution in [0.2, 0.25) is 0 Å². The Morgan fingerprint density at radius 1 is 1.39 bits per heavy atom. The van der Waals surface area contributed by atoms with Crippen LogP contribution in [-0.4, -0.2) is 10.9 Å². The van der Waals surface area contributed by atoms with Crippen LogP contribution in [0.1, 0.15) is 15.9 Å². The topological polar surface area (TPSA) is 68.0 Å². The minimum Gasteiger partial charge on any atom is -0.398 e. The predicted octanol–water partition coefficient (Wildman–Crippen LogP) is 2.36. The summed E-state index contributed by atoms with van der Waals surface area (Å²) in [4.78, 5) is 15.6. The summed E-state index contributed by atoms with van der Waals surface area (Å²) in [6.07, 6.45) is 2.44. The molecule has 0 atom stereocenters. The molecule has 3 N–H and O–H groups in total. The van der Waals surface area contributed by atoms with E-state index < -0.39 is 11.7 Å². The highest BCUT2D eigenvalue weighted by molar-refractivity contribution is 6.07. The van der Waals surface area contributed by atoms with Crippen molar-refractivity contribution in [2.75, 3.05) is 11.1 Å². The number of benzene rings is 1. The molecule has 1 aromatic carbocycles. The second kappa shape index (κ2) is 4.83. The van der Waals surface area contributed by atoms with Crippen molar-refractivity contribution in [2.45, 2.75) is 6.92 Å². The van der Waals surface area contributed by atoms with Gasteiger partial charge in [0.1, 0.15) is 0 Å². The molecule has 0 aliphatic heterocycles. The summed E-state index contributed by atoms with van der Waals surface area (Å²) >= 11 is 0. The number of hydrogen-bond donors (Lipinski definition) is 2. The molecular formula is C13H12FN3O. The Balaban J connectivity index is 2.28. The van der Waals surface area contributed by atoms with E-state index in [0.717, 1.165) is 11.8 Å². The second-order valence-electron chi connectivity index (χ2n) is 3.90. The quantitative estimate of drug-likeness (QED) is 0.798. The summed E-state index contributed by atoms with van der Waals surface area (Å²) in [6.45, 7) is 1.85. The zero-order valence-electron chi connectivity index (χ0n) is 9.77. The van der Waals surface area contributed by atoms with Crippen molar-refractivity contribution in [1.82, 2.24) is 4.98 Å². The molecule has 5 heteroatoms. The minimum atomic E-state index is -0.586. The summed E-state index contributed by atoms with van der Waals surface area (Å²) in [6, 6.07) is 6.50. The molecule has 0 saturated carbocycles. The van der Waals surface area contributed by atoms with Gasteiger partial charge in [0, 0.05) is 11.9 Å². The first-order chi connectivity index (χ1) is 8.58. The van der Waals surface area contributed by atoms with E-state index in [4.69, 9.17) is 5.73 Å². The first kappa shape index (κ1) is 12.0. The average molecular weight is 245 g/mol. The number of hydrogen-bond acceptors (Lipinski definition) is 3. The highest BCUT2D eigenvalue weighted by Crippen LogP contribution is 2.17. The molecule has 0 aliphatic rings. The van der Waals surface area contributed by atoms with Gasteiger partial charge in [0.05, 0.1) is 17.4 Å². The van der Waals surface area contributed by atoms with Gasteiger partial charge in [-0.1, -0.05) is 11.6 Å². The smallest absolute Gasteiger partial charge is 0.257 e. The Kier molecular flexibility index (Phi) is 3.23. The molecule has 0 bridgehead atoms. The van der Waals surface area contributed by atoms with Crippen molar-refractivity contribution < 1.29 is 9.18 Å². The molecular weight excluding hydrogens is 233 g/mol. The van der Waals surface area contributed by atoms with Crippen LogP contribution >= 0.6 is 0 Å². The van der Waals surface area contributed by atoms with Crippen LogP contribution < -0.4 is 11.1 Å². The molecule has 1 aromatic heterocycles. The monoisotopic (exact) mass is 245 g/mol. The van der Waals surface area contributed by atoms with Gasteiger partial charge in [0.2, 0.25) is 0 Å². The normalized spacial score (nSPS) is 10.1. The Bertz CT molecular complexity index is 599. The van der Waals surface area contributed by atoms with Crippen LogP contribution in [0.15, 0.2) is 36.7 Å². The lowest BCUT2D eigenvalue weighted by Crippen LogP contribution is -2.15. The number of aromatic nitrogens is 1. The summed E-state index contributed by atoms with van der Waals surface area (Å²) in [5.41, 5.74) is 7.38. The lowest BCUT2D eigenvalue weighted by Gasteiger charge is -2.08. The van der Waals surface area contributed by atoms with Gasteiger partial charge in [-0.2, -0.15) is 0 Å². The number of nitrogens with one attached hydrogen (secondary N) is 1. The molecule has 1 amide bonds. The molecule has 0 spiro atoms. The van der Waals surface area contributed by atoms with Crippen LogP contribution in [0.5, 0.6) is 0 Å². The maximum absolute atomic E-state index is 13.3. The lowest BCUT2D eigenvalue weighted by atomic mass is 10.1. The first-order valence-corrected chi connectivity index (χ1v) is 5.35. The Morgan fingerprint density at radius 2 is 2.17 bits per heavy atom. The summed E-state index contributed by atoms with van der Waals surface area (Å²) in [7, 11) is 0. The number of aryl methyl sites for hydroxylation is 1. The van der Waals surface area contributed by atoms with Gasteiger partial charge in [0.15, 0.2) is 5.82 Å². The van der Waals surface area contributed by atoms with Crippen molar-refractivity contribution in [1.29, 1.82) is 0 Å². The summed E-state index contributed by atoms with van der Waals surface area (Å²) in [5.74, 6) is -1.03. The van der Waals surface area contributed by atoms with E-state index >= 15 is 0 Å². The highest BCUT2D eigenvalue weighted by Gasteiger charge is 2.12. The number of amides is 1. The number of halogens is 1. The number of carbonyl (C=O) groups is 1. The van der Waals surface area contributed by atoms with Gasteiger partial charge in [-0.05, 0) is 25.1 Å². The molecule has 1 heterocycles. The Hall–Kier alpha value is -2.43. The molecule has 0 radical (unpaired) electrons. The van der Waals surface area contributed by atoms with Crippen LogP contribution in [0.25, 0.3) is 0 Å².